The second-order valence-corrected chi connectivity index (χ2v) is 6.29. The lowest BCUT2D eigenvalue weighted by Gasteiger charge is -2.32. The molecule has 122 valence electrons. The normalized spacial score (nSPS) is 18.0. The largest absolute Gasteiger partial charge is 0.368 e. The van der Waals surface area contributed by atoms with Gasteiger partial charge in [0.15, 0.2) is 0 Å². The summed E-state index contributed by atoms with van der Waals surface area (Å²) in [5.74, 6) is 0.0689. The molecule has 0 bridgehead atoms. The van der Waals surface area contributed by atoms with Crippen LogP contribution >= 0.6 is 0 Å². The van der Waals surface area contributed by atoms with Crippen molar-refractivity contribution >= 4 is 16.8 Å². The highest BCUT2D eigenvalue weighted by Crippen LogP contribution is 2.26. The van der Waals surface area contributed by atoms with E-state index in [2.05, 4.69) is 23.2 Å². The fourth-order valence-electron chi connectivity index (χ4n) is 3.17. The molecule has 0 radical (unpaired) electrons. The maximum Gasteiger partial charge on any atom is 0.254 e. The van der Waals surface area contributed by atoms with Gasteiger partial charge in [-0.1, -0.05) is 35.9 Å². The number of nitrogens with one attached hydrogen (secondary N) is 1. The van der Waals surface area contributed by atoms with Crippen molar-refractivity contribution in [2.75, 3.05) is 19.7 Å². The molecule has 4 rings (SSSR count). The van der Waals surface area contributed by atoms with Gasteiger partial charge < -0.3 is 14.6 Å². The second-order valence-electron chi connectivity index (χ2n) is 6.29. The zero-order valence-electron chi connectivity index (χ0n) is 13.7. The molecule has 3 aromatic rings. The van der Waals surface area contributed by atoms with Gasteiger partial charge in [-0.2, -0.15) is 0 Å². The monoisotopic (exact) mass is 320 g/mol. The highest BCUT2D eigenvalue weighted by Gasteiger charge is 2.27. The molecular weight excluding hydrogens is 300 g/mol. The first-order valence-corrected chi connectivity index (χ1v) is 8.26. The third kappa shape index (κ3) is 2.81. The van der Waals surface area contributed by atoms with E-state index in [-0.39, 0.29) is 12.0 Å². The summed E-state index contributed by atoms with van der Waals surface area (Å²) in [6.07, 6.45) is -0.111. The number of para-hydroxylation sites is 1. The molecule has 0 spiro atoms. The van der Waals surface area contributed by atoms with Crippen molar-refractivity contribution in [3.05, 3.63) is 71.4 Å². The number of nitrogens with zero attached hydrogens (tertiary/aromatic N) is 1. The quantitative estimate of drug-likeness (QED) is 0.783. The molecule has 2 aromatic carbocycles. The van der Waals surface area contributed by atoms with Crippen molar-refractivity contribution < 1.29 is 9.53 Å². The molecule has 1 atom stereocenters. The van der Waals surface area contributed by atoms with Crippen LogP contribution < -0.4 is 0 Å². The summed E-state index contributed by atoms with van der Waals surface area (Å²) in [6, 6.07) is 18.0. The average molecular weight is 320 g/mol. The predicted molar refractivity (Wildman–Crippen MR) is 94.1 cm³/mol. The van der Waals surface area contributed by atoms with Gasteiger partial charge in [0.2, 0.25) is 0 Å². The number of hydrogen-bond donors (Lipinski definition) is 1. The molecule has 1 aliphatic heterocycles. The van der Waals surface area contributed by atoms with E-state index >= 15 is 0 Å². The number of aromatic nitrogens is 1. The zero-order chi connectivity index (χ0) is 16.5. The molecule has 1 amide bonds. The number of aromatic amines is 1. The maximum absolute atomic E-state index is 12.7. The van der Waals surface area contributed by atoms with Crippen molar-refractivity contribution in [3.8, 4) is 0 Å². The van der Waals surface area contributed by atoms with E-state index in [1.807, 2.05) is 48.2 Å². The molecule has 0 saturated carbocycles. The Morgan fingerprint density at radius 2 is 1.96 bits per heavy atom. The van der Waals surface area contributed by atoms with Crippen LogP contribution in [0.2, 0.25) is 0 Å². The van der Waals surface area contributed by atoms with Crippen LogP contribution in [0.5, 0.6) is 0 Å². The van der Waals surface area contributed by atoms with Crippen molar-refractivity contribution in [2.24, 2.45) is 0 Å². The number of morpholine rings is 1. The molecule has 24 heavy (non-hydrogen) atoms. The number of ether oxygens (including phenoxy) is 1. The van der Waals surface area contributed by atoms with Crippen LogP contribution in [0, 0.1) is 6.92 Å². The first kappa shape index (κ1) is 15.0. The van der Waals surface area contributed by atoms with E-state index in [1.54, 1.807) is 0 Å². The number of fused-ring (bicyclic) bond motifs is 1. The molecule has 0 aliphatic carbocycles. The van der Waals surface area contributed by atoms with Crippen LogP contribution in [-0.2, 0) is 4.74 Å². The molecule has 1 aromatic heterocycles. The van der Waals surface area contributed by atoms with E-state index in [4.69, 9.17) is 4.74 Å². The van der Waals surface area contributed by atoms with E-state index in [1.165, 1.54) is 0 Å². The number of carbonyl (C=O) groups is 1. The van der Waals surface area contributed by atoms with Crippen molar-refractivity contribution in [1.82, 2.24) is 9.88 Å². The van der Waals surface area contributed by atoms with Gasteiger partial charge in [0.1, 0.15) is 6.10 Å². The third-order valence-corrected chi connectivity index (χ3v) is 4.55. The van der Waals surface area contributed by atoms with Gasteiger partial charge in [-0.05, 0) is 36.6 Å². The Kier molecular flexibility index (Phi) is 3.82. The lowest BCUT2D eigenvalue weighted by Crippen LogP contribution is -2.42. The van der Waals surface area contributed by atoms with Crippen LogP contribution in [0.3, 0.4) is 0 Å². The molecule has 4 heteroatoms. The molecule has 1 aliphatic rings. The Labute approximate surface area is 141 Å². The van der Waals surface area contributed by atoms with Crippen molar-refractivity contribution in [3.63, 3.8) is 0 Å². The SMILES string of the molecule is Cc1ccc(C(=O)N2CCOC(c3cc4ccccc4[nH]3)C2)cc1. The van der Waals surface area contributed by atoms with Gasteiger partial charge in [0, 0.05) is 23.3 Å². The average Bonchev–Trinajstić information content (AvgIpc) is 3.06. The number of H-pyrrole nitrogens is 1. The summed E-state index contributed by atoms with van der Waals surface area (Å²) < 4.78 is 5.90. The van der Waals surface area contributed by atoms with E-state index in [0.717, 1.165) is 27.7 Å². The Hall–Kier alpha value is -2.59. The van der Waals surface area contributed by atoms with Gasteiger partial charge >= 0.3 is 0 Å². The molecule has 1 unspecified atom stereocenters. The summed E-state index contributed by atoms with van der Waals surface area (Å²) >= 11 is 0. The summed E-state index contributed by atoms with van der Waals surface area (Å²) in [5, 5.41) is 1.16. The first-order chi connectivity index (χ1) is 11.7. The Morgan fingerprint density at radius 3 is 2.75 bits per heavy atom. The fraction of sp³-hybridized carbons (Fsp3) is 0.250. The molecular formula is C20H20N2O2. The standard InChI is InChI=1S/C20H20N2O2/c1-14-6-8-15(9-7-14)20(23)22-10-11-24-19(13-22)18-12-16-4-2-3-5-17(16)21-18/h2-9,12,19,21H,10-11,13H2,1H3. The molecule has 2 heterocycles. The number of benzene rings is 2. The lowest BCUT2D eigenvalue weighted by molar-refractivity contribution is -0.0244. The maximum atomic E-state index is 12.7. The van der Waals surface area contributed by atoms with Crippen LogP contribution in [-0.4, -0.2) is 35.5 Å². The lowest BCUT2D eigenvalue weighted by atomic mass is 10.1. The van der Waals surface area contributed by atoms with E-state index in [9.17, 15) is 4.79 Å². The molecule has 1 N–H and O–H groups in total. The topological polar surface area (TPSA) is 45.3 Å². The number of amides is 1. The van der Waals surface area contributed by atoms with Crippen LogP contribution in [0.1, 0.15) is 27.7 Å². The van der Waals surface area contributed by atoms with E-state index < -0.39 is 0 Å². The number of aryl methyl sites for hydroxylation is 1. The van der Waals surface area contributed by atoms with Gasteiger partial charge in [-0.25, -0.2) is 0 Å². The zero-order valence-corrected chi connectivity index (χ0v) is 13.7. The first-order valence-electron chi connectivity index (χ1n) is 8.26. The summed E-state index contributed by atoms with van der Waals surface area (Å²) in [5.41, 5.74) is 4.01. The third-order valence-electron chi connectivity index (χ3n) is 4.55. The number of carbonyl (C=O) groups excluding carboxylic acids is 1. The molecule has 1 fully saturated rings. The van der Waals surface area contributed by atoms with E-state index in [0.29, 0.717) is 19.7 Å². The molecule has 4 nitrogen and oxygen atoms in total. The van der Waals surface area contributed by atoms with Crippen LogP contribution in [0.25, 0.3) is 10.9 Å². The van der Waals surface area contributed by atoms with Crippen molar-refractivity contribution in [2.45, 2.75) is 13.0 Å². The summed E-state index contributed by atoms with van der Waals surface area (Å²) in [4.78, 5) is 18.0. The van der Waals surface area contributed by atoms with Crippen molar-refractivity contribution in [1.29, 1.82) is 0 Å². The number of rotatable bonds is 2. The van der Waals surface area contributed by atoms with Gasteiger partial charge in [0.05, 0.1) is 13.2 Å². The Balaban J connectivity index is 1.54. The fourth-order valence-corrected chi connectivity index (χ4v) is 3.17. The smallest absolute Gasteiger partial charge is 0.254 e. The summed E-state index contributed by atoms with van der Waals surface area (Å²) in [6.45, 7) is 3.77. The number of hydrogen-bond acceptors (Lipinski definition) is 2. The van der Waals surface area contributed by atoms with Gasteiger partial charge in [-0.3, -0.25) is 4.79 Å². The highest BCUT2D eigenvalue weighted by molar-refractivity contribution is 5.94. The van der Waals surface area contributed by atoms with Crippen LogP contribution in [0.15, 0.2) is 54.6 Å². The predicted octanol–water partition coefficient (Wildman–Crippen LogP) is 3.69. The van der Waals surface area contributed by atoms with Gasteiger partial charge in [0.25, 0.3) is 5.91 Å². The minimum Gasteiger partial charge on any atom is -0.368 e. The Morgan fingerprint density at radius 1 is 1.17 bits per heavy atom. The molecule has 1 saturated heterocycles. The highest BCUT2D eigenvalue weighted by atomic mass is 16.5. The summed E-state index contributed by atoms with van der Waals surface area (Å²) in [7, 11) is 0. The Bertz CT molecular complexity index is 834. The minimum atomic E-state index is -0.111. The second kappa shape index (κ2) is 6.13. The van der Waals surface area contributed by atoms with Gasteiger partial charge in [-0.15, -0.1) is 0 Å². The van der Waals surface area contributed by atoms with Crippen LogP contribution in [0.4, 0.5) is 0 Å². The minimum absolute atomic E-state index is 0.0689.